The van der Waals surface area contributed by atoms with E-state index in [2.05, 4.69) is 53.7 Å². The number of rotatable bonds is 2. The van der Waals surface area contributed by atoms with Crippen molar-refractivity contribution in [1.82, 2.24) is 9.88 Å². The minimum Gasteiger partial charge on any atom is -0.367 e. The highest BCUT2D eigenvalue weighted by Gasteiger charge is 2.35. The Hall–Kier alpha value is -1.61. The highest BCUT2D eigenvalue weighted by Crippen LogP contribution is 2.33. The first-order valence-electron chi connectivity index (χ1n) is 8.14. The molecular weight excluding hydrogens is 258 g/mol. The molecular formula is C18H23N3. The lowest BCUT2D eigenvalue weighted by Crippen LogP contribution is -2.52. The molecule has 3 heterocycles. The van der Waals surface area contributed by atoms with Crippen LogP contribution in [-0.2, 0) is 0 Å². The van der Waals surface area contributed by atoms with Gasteiger partial charge in [-0.25, -0.2) is 4.98 Å². The lowest BCUT2D eigenvalue weighted by atomic mass is 9.82. The number of pyridine rings is 1. The number of nitrogens with zero attached hydrogens (tertiary/aromatic N) is 2. The third-order valence-corrected chi connectivity index (χ3v) is 5.29. The fourth-order valence-electron chi connectivity index (χ4n) is 4.09. The Morgan fingerprint density at radius 3 is 2.62 bits per heavy atom. The van der Waals surface area contributed by atoms with Crippen molar-refractivity contribution in [2.75, 3.05) is 12.4 Å². The molecule has 1 aromatic carbocycles. The van der Waals surface area contributed by atoms with Gasteiger partial charge in [0.25, 0.3) is 0 Å². The van der Waals surface area contributed by atoms with Crippen molar-refractivity contribution in [3.8, 4) is 0 Å². The molecule has 2 aromatic rings. The third-order valence-electron chi connectivity index (χ3n) is 5.29. The van der Waals surface area contributed by atoms with Gasteiger partial charge in [-0.05, 0) is 50.9 Å². The highest BCUT2D eigenvalue weighted by molar-refractivity contribution is 5.80. The first-order chi connectivity index (χ1) is 10.3. The monoisotopic (exact) mass is 281 g/mol. The number of aromatic nitrogens is 1. The number of piperidine rings is 2. The Kier molecular flexibility index (Phi) is 3.30. The van der Waals surface area contributed by atoms with Crippen LogP contribution in [0.5, 0.6) is 0 Å². The molecule has 110 valence electrons. The summed E-state index contributed by atoms with van der Waals surface area (Å²) in [6.07, 6.45) is 6.62. The fourth-order valence-corrected chi connectivity index (χ4v) is 4.09. The second kappa shape index (κ2) is 5.30. The molecule has 3 heteroatoms. The van der Waals surface area contributed by atoms with Crippen molar-refractivity contribution < 1.29 is 0 Å². The summed E-state index contributed by atoms with van der Waals surface area (Å²) < 4.78 is 0. The van der Waals surface area contributed by atoms with Crippen molar-refractivity contribution in [2.24, 2.45) is 0 Å². The quantitative estimate of drug-likeness (QED) is 0.910. The van der Waals surface area contributed by atoms with Crippen molar-refractivity contribution in [3.63, 3.8) is 0 Å². The summed E-state index contributed by atoms with van der Waals surface area (Å²) in [6, 6.07) is 14.7. The summed E-state index contributed by atoms with van der Waals surface area (Å²) in [4.78, 5) is 7.36. The van der Waals surface area contributed by atoms with E-state index in [0.29, 0.717) is 6.04 Å². The maximum absolute atomic E-state index is 4.76. The molecule has 2 atom stereocenters. The minimum absolute atomic E-state index is 0.574. The molecule has 0 aliphatic carbocycles. The smallest absolute Gasteiger partial charge is 0.126 e. The van der Waals surface area contributed by atoms with Crippen LogP contribution in [0, 0.1) is 0 Å². The van der Waals surface area contributed by atoms with E-state index in [1.165, 1.54) is 37.5 Å². The van der Waals surface area contributed by atoms with Crippen LogP contribution in [0.2, 0.25) is 0 Å². The molecule has 2 fully saturated rings. The number of hydrogen-bond acceptors (Lipinski definition) is 3. The molecule has 2 bridgehead atoms. The number of benzene rings is 1. The Morgan fingerprint density at radius 2 is 1.81 bits per heavy atom. The van der Waals surface area contributed by atoms with Crippen LogP contribution in [0.1, 0.15) is 32.1 Å². The zero-order valence-electron chi connectivity index (χ0n) is 12.6. The van der Waals surface area contributed by atoms with Crippen LogP contribution in [0.25, 0.3) is 10.9 Å². The molecule has 2 saturated heterocycles. The van der Waals surface area contributed by atoms with E-state index in [9.17, 15) is 0 Å². The van der Waals surface area contributed by atoms with Gasteiger partial charge in [-0.1, -0.05) is 24.6 Å². The molecule has 2 aliphatic heterocycles. The predicted octanol–water partition coefficient (Wildman–Crippen LogP) is 3.66. The van der Waals surface area contributed by atoms with Crippen LogP contribution in [0.4, 0.5) is 5.82 Å². The van der Waals surface area contributed by atoms with Gasteiger partial charge >= 0.3 is 0 Å². The number of hydrogen-bond donors (Lipinski definition) is 1. The molecule has 21 heavy (non-hydrogen) atoms. The largest absolute Gasteiger partial charge is 0.367 e. The first-order valence-corrected chi connectivity index (χ1v) is 8.14. The van der Waals surface area contributed by atoms with Gasteiger partial charge in [0.2, 0.25) is 0 Å². The molecule has 4 rings (SSSR count). The molecule has 0 spiro atoms. The zero-order valence-corrected chi connectivity index (χ0v) is 12.6. The molecule has 0 radical (unpaired) electrons. The normalized spacial score (nSPS) is 29.5. The Bertz CT molecular complexity index is 625. The molecule has 3 nitrogen and oxygen atoms in total. The Balaban J connectivity index is 1.52. The standard InChI is InChI=1S/C18H23N3/c1-21-15-6-4-7-16(21)12-14(11-15)19-18-10-9-13-5-2-3-8-17(13)20-18/h2-3,5,8-10,14-16H,4,6-7,11-12H2,1H3,(H,19,20). The fraction of sp³-hybridized carbons (Fsp3) is 0.500. The lowest BCUT2D eigenvalue weighted by Gasteiger charge is -2.47. The van der Waals surface area contributed by atoms with Crippen molar-refractivity contribution in [3.05, 3.63) is 36.4 Å². The van der Waals surface area contributed by atoms with Crippen molar-refractivity contribution >= 4 is 16.7 Å². The first kappa shape index (κ1) is 13.1. The van der Waals surface area contributed by atoms with Gasteiger partial charge in [-0.3, -0.25) is 0 Å². The summed E-state index contributed by atoms with van der Waals surface area (Å²) in [5.41, 5.74) is 1.08. The van der Waals surface area contributed by atoms with Gasteiger partial charge in [-0.15, -0.1) is 0 Å². The maximum Gasteiger partial charge on any atom is 0.126 e. The van der Waals surface area contributed by atoms with Crippen LogP contribution in [-0.4, -0.2) is 35.1 Å². The molecule has 0 saturated carbocycles. The van der Waals surface area contributed by atoms with Crippen molar-refractivity contribution in [2.45, 2.75) is 50.2 Å². The number of fused-ring (bicyclic) bond motifs is 3. The summed E-state index contributed by atoms with van der Waals surface area (Å²) >= 11 is 0. The van der Waals surface area contributed by atoms with E-state index in [0.717, 1.165) is 23.4 Å². The summed E-state index contributed by atoms with van der Waals surface area (Å²) in [5.74, 6) is 1.03. The van der Waals surface area contributed by atoms with E-state index < -0.39 is 0 Å². The van der Waals surface area contributed by atoms with Gasteiger partial charge in [0, 0.05) is 23.5 Å². The van der Waals surface area contributed by atoms with Gasteiger partial charge in [0.05, 0.1) is 5.52 Å². The average Bonchev–Trinajstić information content (AvgIpc) is 2.48. The average molecular weight is 281 g/mol. The van der Waals surface area contributed by atoms with Crippen molar-refractivity contribution in [1.29, 1.82) is 0 Å². The number of nitrogens with one attached hydrogen (secondary N) is 1. The summed E-state index contributed by atoms with van der Waals surface area (Å²) in [6.45, 7) is 0. The summed E-state index contributed by atoms with van der Waals surface area (Å²) in [7, 11) is 2.30. The van der Waals surface area contributed by atoms with E-state index in [-0.39, 0.29) is 0 Å². The van der Waals surface area contributed by atoms with E-state index in [1.807, 2.05) is 0 Å². The minimum atomic E-state index is 0.574. The van der Waals surface area contributed by atoms with E-state index in [4.69, 9.17) is 4.98 Å². The Morgan fingerprint density at radius 1 is 1.05 bits per heavy atom. The van der Waals surface area contributed by atoms with E-state index >= 15 is 0 Å². The second-order valence-corrected chi connectivity index (χ2v) is 6.61. The Labute approximate surface area is 126 Å². The van der Waals surface area contributed by atoms with Crippen LogP contribution in [0.15, 0.2) is 36.4 Å². The topological polar surface area (TPSA) is 28.2 Å². The molecule has 2 unspecified atom stereocenters. The second-order valence-electron chi connectivity index (χ2n) is 6.61. The van der Waals surface area contributed by atoms with Gasteiger partial charge in [0.15, 0.2) is 0 Å². The number of anilines is 1. The molecule has 0 amide bonds. The van der Waals surface area contributed by atoms with Gasteiger partial charge in [0.1, 0.15) is 5.82 Å². The predicted molar refractivity (Wildman–Crippen MR) is 87.6 cm³/mol. The lowest BCUT2D eigenvalue weighted by molar-refractivity contribution is 0.0608. The zero-order chi connectivity index (χ0) is 14.2. The van der Waals surface area contributed by atoms with Crippen LogP contribution >= 0.6 is 0 Å². The SMILES string of the molecule is CN1C2CCCC1CC(Nc1ccc3ccccc3n1)C2. The van der Waals surface area contributed by atoms with E-state index in [1.54, 1.807) is 0 Å². The maximum atomic E-state index is 4.76. The molecule has 1 N–H and O–H groups in total. The number of para-hydroxylation sites is 1. The molecule has 2 aliphatic rings. The van der Waals surface area contributed by atoms with Crippen LogP contribution in [0.3, 0.4) is 0 Å². The third kappa shape index (κ3) is 2.51. The van der Waals surface area contributed by atoms with Gasteiger partial charge in [-0.2, -0.15) is 0 Å². The van der Waals surface area contributed by atoms with Gasteiger partial charge < -0.3 is 10.2 Å². The summed E-state index contributed by atoms with van der Waals surface area (Å²) in [5, 5.41) is 4.90. The van der Waals surface area contributed by atoms with Crippen LogP contribution < -0.4 is 5.32 Å². The molecule has 1 aromatic heterocycles. The highest BCUT2D eigenvalue weighted by atomic mass is 15.2.